The zero-order valence-electron chi connectivity index (χ0n) is 11.0. The third-order valence-corrected chi connectivity index (χ3v) is 3.49. The Bertz CT molecular complexity index is 277. The second-order valence-electron chi connectivity index (χ2n) is 4.44. The first-order chi connectivity index (χ1) is 8.36. The molecular weight excluding hydrogens is 212 g/mol. The molecule has 1 N–H and O–H groups in total. The lowest BCUT2D eigenvalue weighted by Gasteiger charge is -2.45. The monoisotopic (exact) mass is 236 g/mol. The van der Waals surface area contributed by atoms with Gasteiger partial charge in [-0.2, -0.15) is 0 Å². The summed E-state index contributed by atoms with van der Waals surface area (Å²) in [5.74, 6) is 0. The minimum absolute atomic E-state index is 0.391. The third-order valence-electron chi connectivity index (χ3n) is 3.49. The van der Waals surface area contributed by atoms with Crippen LogP contribution in [0.3, 0.4) is 0 Å². The second kappa shape index (κ2) is 6.19. The van der Waals surface area contributed by atoms with Crippen molar-refractivity contribution in [2.75, 3.05) is 39.3 Å². The fourth-order valence-corrected chi connectivity index (χ4v) is 2.53. The van der Waals surface area contributed by atoms with Crippen LogP contribution < -0.4 is 5.32 Å². The summed E-state index contributed by atoms with van der Waals surface area (Å²) in [6.45, 7) is 11.0. The van der Waals surface area contributed by atoms with Crippen LogP contribution in [0.15, 0.2) is 24.4 Å². The quantitative estimate of drug-likeness (QED) is 0.781. The van der Waals surface area contributed by atoms with Gasteiger partial charge in [0.15, 0.2) is 0 Å². The maximum atomic E-state index is 3.41. The fraction of sp³-hybridized carbons (Fsp3) is 0.692. The normalized spacial score (nSPS) is 25.8. The summed E-state index contributed by atoms with van der Waals surface area (Å²) in [7, 11) is 0. The summed E-state index contributed by atoms with van der Waals surface area (Å²) in [6, 6.07) is 0. The van der Waals surface area contributed by atoms with Gasteiger partial charge in [0.2, 0.25) is 0 Å². The Kier molecular flexibility index (Phi) is 4.59. The number of rotatable bonds is 4. The average Bonchev–Trinajstić information content (AvgIpc) is 2.42. The van der Waals surface area contributed by atoms with Crippen molar-refractivity contribution in [2.24, 2.45) is 0 Å². The molecule has 1 atom stereocenters. The molecule has 2 aliphatic heterocycles. The van der Waals surface area contributed by atoms with E-state index in [9.17, 15) is 0 Å². The number of hydrogen-bond donors (Lipinski definition) is 1. The molecule has 2 rings (SSSR count). The molecule has 1 fully saturated rings. The highest BCUT2D eigenvalue weighted by Gasteiger charge is 2.26. The first-order valence-electron chi connectivity index (χ1n) is 6.69. The van der Waals surface area contributed by atoms with Crippen LogP contribution in [0.25, 0.3) is 0 Å². The van der Waals surface area contributed by atoms with Crippen LogP contribution in [0.4, 0.5) is 0 Å². The van der Waals surface area contributed by atoms with Crippen molar-refractivity contribution in [1.82, 2.24) is 20.2 Å². The molecule has 0 amide bonds. The molecule has 2 heterocycles. The van der Waals surface area contributed by atoms with E-state index in [1.807, 2.05) is 0 Å². The van der Waals surface area contributed by atoms with Crippen molar-refractivity contribution in [3.63, 3.8) is 0 Å². The van der Waals surface area contributed by atoms with Crippen molar-refractivity contribution in [3.8, 4) is 0 Å². The van der Waals surface area contributed by atoms with Crippen LogP contribution in [0, 0.1) is 0 Å². The topological polar surface area (TPSA) is 21.8 Å². The SMILES string of the molecule is CCN(CC)N1C=CC=CC1N1CCNCC1. The van der Waals surface area contributed by atoms with Gasteiger partial charge in [0, 0.05) is 45.5 Å². The molecule has 17 heavy (non-hydrogen) atoms. The van der Waals surface area contributed by atoms with E-state index in [0.717, 1.165) is 39.3 Å². The molecule has 0 aromatic heterocycles. The lowest BCUT2D eigenvalue weighted by Crippen LogP contribution is -2.57. The van der Waals surface area contributed by atoms with Crippen LogP contribution in [0.5, 0.6) is 0 Å². The molecular formula is C13H24N4. The van der Waals surface area contributed by atoms with E-state index >= 15 is 0 Å². The Labute approximate surface area is 105 Å². The fourth-order valence-electron chi connectivity index (χ4n) is 2.53. The largest absolute Gasteiger partial charge is 0.314 e. The molecule has 96 valence electrons. The van der Waals surface area contributed by atoms with Gasteiger partial charge in [0.1, 0.15) is 6.17 Å². The lowest BCUT2D eigenvalue weighted by atomic mass is 10.2. The summed E-state index contributed by atoms with van der Waals surface area (Å²) in [4.78, 5) is 2.54. The van der Waals surface area contributed by atoms with Crippen molar-refractivity contribution in [2.45, 2.75) is 20.0 Å². The number of piperazine rings is 1. The predicted molar refractivity (Wildman–Crippen MR) is 71.3 cm³/mol. The minimum atomic E-state index is 0.391. The van der Waals surface area contributed by atoms with Gasteiger partial charge in [-0.05, 0) is 12.2 Å². The van der Waals surface area contributed by atoms with Crippen molar-refractivity contribution in [1.29, 1.82) is 0 Å². The standard InChI is InChI=1S/C13H24N4/c1-3-16(4-2)17-10-6-5-7-13(17)15-11-8-14-9-12-15/h5-7,10,13-14H,3-4,8-9,11-12H2,1-2H3. The van der Waals surface area contributed by atoms with E-state index in [4.69, 9.17) is 0 Å². The highest BCUT2D eigenvalue weighted by molar-refractivity contribution is 5.12. The van der Waals surface area contributed by atoms with Gasteiger partial charge < -0.3 is 5.32 Å². The van der Waals surface area contributed by atoms with Crippen LogP contribution in [0.1, 0.15) is 13.8 Å². The van der Waals surface area contributed by atoms with Gasteiger partial charge in [0.05, 0.1) is 0 Å². The van der Waals surface area contributed by atoms with Crippen LogP contribution >= 0.6 is 0 Å². The number of nitrogens with one attached hydrogen (secondary N) is 1. The number of hydrogen-bond acceptors (Lipinski definition) is 4. The Balaban J connectivity index is 2.06. The van der Waals surface area contributed by atoms with Gasteiger partial charge in [-0.1, -0.05) is 19.9 Å². The van der Waals surface area contributed by atoms with Gasteiger partial charge in [0.25, 0.3) is 0 Å². The van der Waals surface area contributed by atoms with Gasteiger partial charge >= 0.3 is 0 Å². The number of allylic oxidation sites excluding steroid dienone is 2. The van der Waals surface area contributed by atoms with Crippen LogP contribution in [-0.2, 0) is 0 Å². The summed E-state index contributed by atoms with van der Waals surface area (Å²) in [5.41, 5.74) is 0. The molecule has 0 saturated carbocycles. The molecule has 2 aliphatic rings. The summed E-state index contributed by atoms with van der Waals surface area (Å²) >= 11 is 0. The van der Waals surface area contributed by atoms with Crippen molar-refractivity contribution >= 4 is 0 Å². The first kappa shape index (κ1) is 12.6. The summed E-state index contributed by atoms with van der Waals surface area (Å²) in [5, 5.41) is 8.16. The summed E-state index contributed by atoms with van der Waals surface area (Å²) in [6.07, 6.45) is 9.16. The van der Waals surface area contributed by atoms with Gasteiger partial charge in [-0.25, -0.2) is 5.01 Å². The molecule has 0 bridgehead atoms. The zero-order chi connectivity index (χ0) is 12.1. The van der Waals surface area contributed by atoms with E-state index < -0.39 is 0 Å². The minimum Gasteiger partial charge on any atom is -0.314 e. The van der Waals surface area contributed by atoms with E-state index in [1.165, 1.54) is 0 Å². The van der Waals surface area contributed by atoms with Crippen LogP contribution in [-0.4, -0.2) is 60.4 Å². The van der Waals surface area contributed by atoms with E-state index in [2.05, 4.69) is 58.5 Å². The molecule has 4 heteroatoms. The molecule has 0 spiro atoms. The smallest absolute Gasteiger partial charge is 0.116 e. The number of nitrogens with zero attached hydrogens (tertiary/aromatic N) is 3. The highest BCUT2D eigenvalue weighted by atomic mass is 15.7. The molecule has 0 radical (unpaired) electrons. The van der Waals surface area contributed by atoms with Gasteiger partial charge in [-0.3, -0.25) is 9.91 Å². The highest BCUT2D eigenvalue weighted by Crippen LogP contribution is 2.16. The van der Waals surface area contributed by atoms with Crippen molar-refractivity contribution in [3.05, 3.63) is 24.4 Å². The first-order valence-corrected chi connectivity index (χ1v) is 6.69. The Morgan fingerprint density at radius 2 is 1.88 bits per heavy atom. The van der Waals surface area contributed by atoms with E-state index in [1.54, 1.807) is 0 Å². The lowest BCUT2D eigenvalue weighted by molar-refractivity contribution is -0.0546. The molecule has 0 aromatic rings. The maximum Gasteiger partial charge on any atom is 0.116 e. The Hall–Kier alpha value is -0.840. The Morgan fingerprint density at radius 1 is 1.18 bits per heavy atom. The molecule has 4 nitrogen and oxygen atoms in total. The summed E-state index contributed by atoms with van der Waals surface area (Å²) < 4.78 is 0. The van der Waals surface area contributed by atoms with Crippen molar-refractivity contribution < 1.29 is 0 Å². The van der Waals surface area contributed by atoms with E-state index in [0.29, 0.717) is 6.17 Å². The zero-order valence-corrected chi connectivity index (χ0v) is 11.0. The Morgan fingerprint density at radius 3 is 2.53 bits per heavy atom. The van der Waals surface area contributed by atoms with E-state index in [-0.39, 0.29) is 0 Å². The third kappa shape index (κ3) is 2.89. The average molecular weight is 236 g/mol. The number of hydrazine groups is 1. The maximum absolute atomic E-state index is 3.41. The second-order valence-corrected chi connectivity index (χ2v) is 4.44. The van der Waals surface area contributed by atoms with Crippen LogP contribution in [0.2, 0.25) is 0 Å². The predicted octanol–water partition coefficient (Wildman–Crippen LogP) is 0.860. The molecule has 1 saturated heterocycles. The molecule has 0 aliphatic carbocycles. The van der Waals surface area contributed by atoms with Gasteiger partial charge in [-0.15, -0.1) is 0 Å². The molecule has 1 unspecified atom stereocenters. The molecule has 0 aromatic carbocycles.